The number of likely N-dealkylation sites (tertiary alicyclic amines) is 1. The van der Waals surface area contributed by atoms with Crippen molar-refractivity contribution in [1.82, 2.24) is 4.90 Å². The van der Waals surface area contributed by atoms with E-state index in [0.717, 1.165) is 19.5 Å². The minimum atomic E-state index is -0.199. The van der Waals surface area contributed by atoms with E-state index < -0.39 is 0 Å². The highest BCUT2D eigenvalue weighted by Gasteiger charge is 2.29. The van der Waals surface area contributed by atoms with Crippen LogP contribution in [-0.4, -0.2) is 34.9 Å². The first-order chi connectivity index (χ1) is 6.50. The van der Waals surface area contributed by atoms with Crippen molar-refractivity contribution in [2.24, 2.45) is 17.4 Å². The molecule has 0 aliphatic carbocycles. The molecule has 1 heterocycles. The van der Waals surface area contributed by atoms with Crippen LogP contribution in [0.1, 0.15) is 19.8 Å². The summed E-state index contributed by atoms with van der Waals surface area (Å²) < 4.78 is 0. The second-order valence-corrected chi connectivity index (χ2v) is 4.43. The molecular weight excluding hydrogens is 198 g/mol. The number of amides is 1. The number of thiocarbonyl (C=S) groups is 1. The van der Waals surface area contributed by atoms with E-state index in [9.17, 15) is 4.79 Å². The van der Waals surface area contributed by atoms with Gasteiger partial charge in [-0.1, -0.05) is 12.2 Å². The summed E-state index contributed by atoms with van der Waals surface area (Å²) in [6, 6.07) is 0.317. The third-order valence-electron chi connectivity index (χ3n) is 2.74. The van der Waals surface area contributed by atoms with Gasteiger partial charge < -0.3 is 11.5 Å². The molecule has 1 amide bonds. The zero-order valence-corrected chi connectivity index (χ0v) is 9.22. The zero-order chi connectivity index (χ0) is 10.7. The van der Waals surface area contributed by atoms with Crippen molar-refractivity contribution in [3.8, 4) is 0 Å². The van der Waals surface area contributed by atoms with Crippen molar-refractivity contribution < 1.29 is 4.79 Å². The second kappa shape index (κ2) is 4.70. The minimum Gasteiger partial charge on any atom is -0.393 e. The Balaban J connectivity index is 2.41. The maximum absolute atomic E-state index is 10.9. The van der Waals surface area contributed by atoms with E-state index in [-0.39, 0.29) is 11.8 Å². The van der Waals surface area contributed by atoms with Gasteiger partial charge in [-0.2, -0.15) is 0 Å². The van der Waals surface area contributed by atoms with Crippen LogP contribution in [0.25, 0.3) is 0 Å². The van der Waals surface area contributed by atoms with E-state index in [1.165, 1.54) is 0 Å². The molecule has 0 saturated carbocycles. The first-order valence-corrected chi connectivity index (χ1v) is 5.23. The maximum atomic E-state index is 10.9. The van der Waals surface area contributed by atoms with Gasteiger partial charge in [0.05, 0.1) is 10.9 Å². The summed E-state index contributed by atoms with van der Waals surface area (Å²) in [4.78, 5) is 13.7. The molecule has 1 saturated heterocycles. The first kappa shape index (κ1) is 11.4. The van der Waals surface area contributed by atoms with E-state index in [4.69, 9.17) is 23.7 Å². The molecule has 80 valence electrons. The van der Waals surface area contributed by atoms with Crippen LogP contribution in [0.15, 0.2) is 0 Å². The molecule has 5 heteroatoms. The van der Waals surface area contributed by atoms with Crippen molar-refractivity contribution in [2.75, 3.05) is 13.1 Å². The van der Waals surface area contributed by atoms with Gasteiger partial charge in [0.1, 0.15) is 0 Å². The van der Waals surface area contributed by atoms with Crippen molar-refractivity contribution in [3.05, 3.63) is 0 Å². The van der Waals surface area contributed by atoms with Crippen LogP contribution in [0.3, 0.4) is 0 Å². The van der Waals surface area contributed by atoms with Gasteiger partial charge in [0.25, 0.3) is 0 Å². The van der Waals surface area contributed by atoms with Gasteiger partial charge in [0.2, 0.25) is 5.91 Å². The molecular formula is C9H17N3OS. The molecule has 1 aliphatic heterocycles. The van der Waals surface area contributed by atoms with Crippen molar-refractivity contribution in [3.63, 3.8) is 0 Å². The van der Waals surface area contributed by atoms with Crippen LogP contribution in [-0.2, 0) is 4.79 Å². The zero-order valence-electron chi connectivity index (χ0n) is 8.40. The topological polar surface area (TPSA) is 72.3 Å². The van der Waals surface area contributed by atoms with Gasteiger partial charge in [-0.15, -0.1) is 0 Å². The fourth-order valence-electron chi connectivity index (χ4n) is 1.84. The molecule has 1 fully saturated rings. The Morgan fingerprint density at radius 3 is 2.71 bits per heavy atom. The number of carbonyl (C=O) groups is 1. The fourth-order valence-corrected chi connectivity index (χ4v) is 2.08. The summed E-state index contributed by atoms with van der Waals surface area (Å²) >= 11 is 4.85. The molecule has 0 radical (unpaired) electrons. The smallest absolute Gasteiger partial charge is 0.221 e. The van der Waals surface area contributed by atoms with Gasteiger partial charge in [0.15, 0.2) is 0 Å². The standard InChI is InChI=1S/C9H17N3OS/c1-6(4-8(10)14)12-3-2-7(5-12)9(11)13/h6-7H,2-5H2,1H3,(H2,10,14)(H2,11,13). The lowest BCUT2D eigenvalue weighted by Gasteiger charge is -2.23. The van der Waals surface area contributed by atoms with E-state index >= 15 is 0 Å². The van der Waals surface area contributed by atoms with Crippen molar-refractivity contribution >= 4 is 23.1 Å². The Morgan fingerprint density at radius 2 is 2.29 bits per heavy atom. The molecule has 2 unspecified atom stereocenters. The van der Waals surface area contributed by atoms with Crippen LogP contribution in [0, 0.1) is 5.92 Å². The summed E-state index contributed by atoms with van der Waals surface area (Å²) in [6.45, 7) is 3.74. The van der Waals surface area contributed by atoms with Crippen LogP contribution < -0.4 is 11.5 Å². The summed E-state index contributed by atoms with van der Waals surface area (Å²) in [7, 11) is 0. The molecule has 1 aliphatic rings. The number of rotatable bonds is 4. The van der Waals surface area contributed by atoms with E-state index in [0.29, 0.717) is 17.5 Å². The van der Waals surface area contributed by atoms with Gasteiger partial charge in [0, 0.05) is 19.0 Å². The Kier molecular flexibility index (Phi) is 3.83. The summed E-state index contributed by atoms with van der Waals surface area (Å²) in [5, 5.41) is 0. The van der Waals surface area contributed by atoms with Crippen LogP contribution >= 0.6 is 12.2 Å². The SMILES string of the molecule is CC(CC(N)=S)N1CCC(C(N)=O)C1. The predicted octanol–water partition coefficient (Wildman–Crippen LogP) is -0.142. The number of hydrogen-bond donors (Lipinski definition) is 2. The third-order valence-corrected chi connectivity index (χ3v) is 2.91. The molecule has 0 bridgehead atoms. The normalized spacial score (nSPS) is 24.8. The molecule has 4 N–H and O–H groups in total. The lowest BCUT2D eigenvalue weighted by molar-refractivity contribution is -0.121. The Hall–Kier alpha value is -0.680. The number of carbonyl (C=O) groups excluding carboxylic acids is 1. The molecule has 2 atom stereocenters. The van der Waals surface area contributed by atoms with Gasteiger partial charge in [-0.05, 0) is 19.9 Å². The van der Waals surface area contributed by atoms with Crippen LogP contribution in [0.5, 0.6) is 0 Å². The molecule has 0 aromatic rings. The number of nitrogens with two attached hydrogens (primary N) is 2. The maximum Gasteiger partial charge on any atom is 0.221 e. The molecule has 0 spiro atoms. The molecule has 0 aromatic carbocycles. The van der Waals surface area contributed by atoms with Crippen molar-refractivity contribution in [2.45, 2.75) is 25.8 Å². The van der Waals surface area contributed by atoms with Crippen LogP contribution in [0.2, 0.25) is 0 Å². The minimum absolute atomic E-state index is 0.00351. The molecule has 4 nitrogen and oxygen atoms in total. The monoisotopic (exact) mass is 215 g/mol. The Bertz CT molecular complexity index is 244. The molecule has 1 rings (SSSR count). The van der Waals surface area contributed by atoms with Gasteiger partial charge in [-0.25, -0.2) is 0 Å². The fraction of sp³-hybridized carbons (Fsp3) is 0.778. The van der Waals surface area contributed by atoms with Crippen molar-refractivity contribution in [1.29, 1.82) is 0 Å². The predicted molar refractivity (Wildman–Crippen MR) is 59.7 cm³/mol. The first-order valence-electron chi connectivity index (χ1n) is 4.82. The van der Waals surface area contributed by atoms with E-state index in [1.54, 1.807) is 0 Å². The number of nitrogens with zero attached hydrogens (tertiary/aromatic N) is 1. The second-order valence-electron chi connectivity index (χ2n) is 3.90. The quantitative estimate of drug-likeness (QED) is 0.640. The molecule has 14 heavy (non-hydrogen) atoms. The van der Waals surface area contributed by atoms with Crippen LogP contribution in [0.4, 0.5) is 0 Å². The highest BCUT2D eigenvalue weighted by molar-refractivity contribution is 7.80. The van der Waals surface area contributed by atoms with E-state index in [1.807, 2.05) is 0 Å². The third kappa shape index (κ3) is 2.92. The van der Waals surface area contributed by atoms with Gasteiger partial charge in [-0.3, -0.25) is 9.69 Å². The molecule has 0 aromatic heterocycles. The summed E-state index contributed by atoms with van der Waals surface area (Å²) in [5.41, 5.74) is 10.7. The highest BCUT2D eigenvalue weighted by atomic mass is 32.1. The summed E-state index contributed by atoms with van der Waals surface area (Å²) in [5.74, 6) is -0.196. The average molecular weight is 215 g/mol. The van der Waals surface area contributed by atoms with Gasteiger partial charge >= 0.3 is 0 Å². The highest BCUT2D eigenvalue weighted by Crippen LogP contribution is 2.19. The van der Waals surface area contributed by atoms with E-state index in [2.05, 4.69) is 11.8 Å². The Labute approximate surface area is 89.6 Å². The largest absolute Gasteiger partial charge is 0.393 e. The Morgan fingerprint density at radius 1 is 1.64 bits per heavy atom. The number of primary amides is 1. The average Bonchev–Trinajstić information content (AvgIpc) is 2.50. The summed E-state index contributed by atoms with van der Waals surface area (Å²) in [6.07, 6.45) is 1.57. The number of hydrogen-bond acceptors (Lipinski definition) is 3. The lowest BCUT2D eigenvalue weighted by atomic mass is 10.1. The lowest BCUT2D eigenvalue weighted by Crippen LogP contribution is -2.35.